The largest absolute Gasteiger partial charge is 0.488 e. The van der Waals surface area contributed by atoms with Crippen molar-refractivity contribution < 1.29 is 28.6 Å². The third-order valence-electron chi connectivity index (χ3n) is 7.42. The van der Waals surface area contributed by atoms with Crippen molar-refractivity contribution in [1.29, 1.82) is 0 Å². The van der Waals surface area contributed by atoms with Gasteiger partial charge in [-0.15, -0.1) is 0 Å². The molecule has 3 amide bonds. The van der Waals surface area contributed by atoms with Crippen LogP contribution in [0.4, 0.5) is 21.9 Å². The first-order valence-corrected chi connectivity index (χ1v) is 14.9. The molecule has 2 saturated heterocycles. The van der Waals surface area contributed by atoms with Gasteiger partial charge in [-0.3, -0.25) is 9.59 Å². The lowest BCUT2D eigenvalue weighted by atomic mass is 10.1. The Balaban J connectivity index is 1.20. The van der Waals surface area contributed by atoms with Gasteiger partial charge in [0, 0.05) is 54.2 Å². The summed E-state index contributed by atoms with van der Waals surface area (Å²) in [5, 5.41) is 5.91. The van der Waals surface area contributed by atoms with E-state index in [1.807, 2.05) is 58.0 Å². The quantitative estimate of drug-likeness (QED) is 0.357. The third-order valence-corrected chi connectivity index (χ3v) is 7.42. The Bertz CT molecular complexity index is 1510. The first-order chi connectivity index (χ1) is 21.0. The predicted octanol–water partition coefficient (Wildman–Crippen LogP) is 5.72. The minimum Gasteiger partial charge on any atom is -0.488 e. The van der Waals surface area contributed by atoms with Crippen LogP contribution < -0.4 is 20.3 Å². The molecule has 0 aliphatic carbocycles. The van der Waals surface area contributed by atoms with Crippen LogP contribution in [0.1, 0.15) is 53.5 Å². The van der Waals surface area contributed by atoms with E-state index in [0.29, 0.717) is 61.0 Å². The van der Waals surface area contributed by atoms with Crippen LogP contribution >= 0.6 is 0 Å². The molecular formula is C34H40N4O6. The number of hydrogen-bond donors (Lipinski definition) is 2. The van der Waals surface area contributed by atoms with E-state index in [4.69, 9.17) is 14.2 Å². The minimum atomic E-state index is -0.559. The summed E-state index contributed by atoms with van der Waals surface area (Å²) in [4.78, 5) is 42.6. The maximum atomic E-state index is 13.2. The molecule has 2 fully saturated rings. The number of rotatable bonds is 7. The molecule has 44 heavy (non-hydrogen) atoms. The molecule has 3 aromatic carbocycles. The molecule has 5 rings (SSSR count). The Labute approximate surface area is 258 Å². The molecule has 1 unspecified atom stereocenters. The van der Waals surface area contributed by atoms with Crippen LogP contribution in [0.15, 0.2) is 66.7 Å². The first-order valence-electron chi connectivity index (χ1n) is 14.9. The number of anilines is 3. The van der Waals surface area contributed by atoms with E-state index in [1.165, 1.54) is 0 Å². The Morgan fingerprint density at radius 3 is 2.32 bits per heavy atom. The van der Waals surface area contributed by atoms with Gasteiger partial charge in [-0.2, -0.15) is 0 Å². The number of hydrogen-bond acceptors (Lipinski definition) is 7. The summed E-state index contributed by atoms with van der Waals surface area (Å²) in [5.74, 6) is 0.0102. The van der Waals surface area contributed by atoms with Crippen molar-refractivity contribution in [3.05, 3.63) is 83.4 Å². The van der Waals surface area contributed by atoms with Crippen molar-refractivity contribution in [2.45, 2.75) is 45.8 Å². The van der Waals surface area contributed by atoms with Gasteiger partial charge in [-0.25, -0.2) is 4.79 Å². The molecule has 0 radical (unpaired) electrons. The van der Waals surface area contributed by atoms with Crippen molar-refractivity contribution >= 4 is 35.0 Å². The summed E-state index contributed by atoms with van der Waals surface area (Å²) in [6, 6.07) is 19.9. The summed E-state index contributed by atoms with van der Waals surface area (Å²) in [5.41, 5.74) is 3.41. The second-order valence-electron chi connectivity index (χ2n) is 12.1. The van der Waals surface area contributed by atoms with Crippen LogP contribution in [0.5, 0.6) is 5.75 Å². The fraction of sp³-hybridized carbons (Fsp3) is 0.382. The van der Waals surface area contributed by atoms with Crippen molar-refractivity contribution in [2.75, 3.05) is 54.9 Å². The van der Waals surface area contributed by atoms with Gasteiger partial charge < -0.3 is 34.6 Å². The highest BCUT2D eigenvalue weighted by Crippen LogP contribution is 2.25. The molecular weight excluding hydrogens is 560 g/mol. The van der Waals surface area contributed by atoms with Crippen LogP contribution in [-0.4, -0.2) is 73.9 Å². The van der Waals surface area contributed by atoms with Crippen molar-refractivity contribution in [3.63, 3.8) is 0 Å². The number of ether oxygens (including phenoxy) is 3. The summed E-state index contributed by atoms with van der Waals surface area (Å²) in [6.07, 6.45) is 0.121. The maximum absolute atomic E-state index is 13.2. The lowest BCUT2D eigenvalue weighted by Gasteiger charge is -2.29. The average molecular weight is 601 g/mol. The van der Waals surface area contributed by atoms with Crippen LogP contribution in [0, 0.1) is 6.92 Å². The van der Waals surface area contributed by atoms with Crippen molar-refractivity contribution in [1.82, 2.24) is 4.90 Å². The Morgan fingerprint density at radius 1 is 0.864 bits per heavy atom. The molecule has 1 atom stereocenters. The fourth-order valence-corrected chi connectivity index (χ4v) is 5.12. The molecule has 10 heteroatoms. The molecule has 3 aromatic rings. The Hall–Kier alpha value is -4.57. The van der Waals surface area contributed by atoms with Crippen LogP contribution in [0.25, 0.3) is 0 Å². The number of morpholine rings is 1. The number of carbonyl (C=O) groups excluding carboxylic acids is 3. The van der Waals surface area contributed by atoms with E-state index in [9.17, 15) is 14.4 Å². The summed E-state index contributed by atoms with van der Waals surface area (Å²) < 4.78 is 17.0. The number of likely N-dealkylation sites (tertiary alicyclic amines) is 1. The van der Waals surface area contributed by atoms with Crippen LogP contribution in [0.3, 0.4) is 0 Å². The molecule has 2 aliphatic rings. The smallest absolute Gasteiger partial charge is 0.410 e. The van der Waals surface area contributed by atoms with Gasteiger partial charge >= 0.3 is 6.09 Å². The average Bonchev–Trinajstić information content (AvgIpc) is 3.47. The first kappa shape index (κ1) is 30.9. The lowest BCUT2D eigenvalue weighted by molar-refractivity contribution is 0.0275. The van der Waals surface area contributed by atoms with E-state index in [2.05, 4.69) is 15.5 Å². The normalized spacial score (nSPS) is 16.8. The van der Waals surface area contributed by atoms with Gasteiger partial charge in [0.2, 0.25) is 0 Å². The van der Waals surface area contributed by atoms with Gasteiger partial charge in [0.05, 0.1) is 19.8 Å². The second-order valence-corrected chi connectivity index (χ2v) is 12.1. The number of nitrogens with zero attached hydrogens (tertiary/aromatic N) is 2. The van der Waals surface area contributed by atoms with Gasteiger partial charge in [-0.1, -0.05) is 18.2 Å². The van der Waals surface area contributed by atoms with Gasteiger partial charge in [0.1, 0.15) is 17.5 Å². The number of carbonyl (C=O) groups is 3. The SMILES string of the molecule is Cc1ccc(NC(=O)c2cccc(N3CCOCC3)c2)cc1NC(=O)c1cccc(OC2CCN(C(=O)OC(C)(C)C)C2)c1. The van der Waals surface area contributed by atoms with Crippen molar-refractivity contribution in [2.24, 2.45) is 0 Å². The Kier molecular flexibility index (Phi) is 9.39. The molecule has 2 heterocycles. The summed E-state index contributed by atoms with van der Waals surface area (Å²) in [6.45, 7) is 11.3. The zero-order valence-electron chi connectivity index (χ0n) is 25.7. The zero-order valence-corrected chi connectivity index (χ0v) is 25.7. The molecule has 0 spiro atoms. The van der Waals surface area contributed by atoms with Crippen LogP contribution in [0.2, 0.25) is 0 Å². The molecule has 0 bridgehead atoms. The molecule has 2 N–H and O–H groups in total. The highest BCUT2D eigenvalue weighted by molar-refractivity contribution is 6.07. The second kappa shape index (κ2) is 13.4. The molecule has 232 valence electrons. The van der Waals surface area contributed by atoms with E-state index in [1.54, 1.807) is 41.3 Å². The van der Waals surface area contributed by atoms with E-state index >= 15 is 0 Å². The Morgan fingerprint density at radius 2 is 1.57 bits per heavy atom. The summed E-state index contributed by atoms with van der Waals surface area (Å²) in [7, 11) is 0. The molecule has 2 aliphatic heterocycles. The van der Waals surface area contributed by atoms with Crippen molar-refractivity contribution in [3.8, 4) is 5.75 Å². The number of amides is 3. The minimum absolute atomic E-state index is 0.196. The number of nitrogens with one attached hydrogen (secondary N) is 2. The van der Waals surface area contributed by atoms with Gasteiger partial charge in [0.25, 0.3) is 11.8 Å². The van der Waals surface area contributed by atoms with Crippen LogP contribution in [-0.2, 0) is 9.47 Å². The predicted molar refractivity (Wildman–Crippen MR) is 170 cm³/mol. The topological polar surface area (TPSA) is 109 Å². The highest BCUT2D eigenvalue weighted by atomic mass is 16.6. The maximum Gasteiger partial charge on any atom is 0.410 e. The highest BCUT2D eigenvalue weighted by Gasteiger charge is 2.31. The fourth-order valence-electron chi connectivity index (χ4n) is 5.12. The standard InChI is InChI=1S/C34H40N4O6/c1-23-11-12-26(35-31(39)24-7-5-9-27(19-24)37-15-17-42-18-16-37)21-30(23)36-32(40)25-8-6-10-28(20-25)43-29-13-14-38(22-29)33(41)44-34(2,3)4/h5-12,19-21,29H,13-18,22H2,1-4H3,(H,35,39)(H,36,40). The van der Waals surface area contributed by atoms with Gasteiger partial charge in [0.15, 0.2) is 0 Å². The monoisotopic (exact) mass is 600 g/mol. The van der Waals surface area contributed by atoms with E-state index < -0.39 is 5.60 Å². The number of benzene rings is 3. The van der Waals surface area contributed by atoms with E-state index in [-0.39, 0.29) is 24.0 Å². The molecule has 10 nitrogen and oxygen atoms in total. The van der Waals surface area contributed by atoms with E-state index in [0.717, 1.165) is 24.3 Å². The number of aryl methyl sites for hydroxylation is 1. The lowest BCUT2D eigenvalue weighted by Crippen LogP contribution is -2.36. The molecule has 0 aromatic heterocycles. The molecule has 0 saturated carbocycles. The van der Waals surface area contributed by atoms with Gasteiger partial charge in [-0.05, 0) is 81.8 Å². The zero-order chi connectivity index (χ0) is 31.3. The summed E-state index contributed by atoms with van der Waals surface area (Å²) >= 11 is 0. The third kappa shape index (κ3) is 8.08.